The summed E-state index contributed by atoms with van der Waals surface area (Å²) in [4.78, 5) is 14.1. The summed E-state index contributed by atoms with van der Waals surface area (Å²) in [7, 11) is 0. The Kier molecular flexibility index (Phi) is 5.01. The molecule has 1 aliphatic rings. The maximum atomic E-state index is 12.1. The van der Waals surface area contributed by atoms with E-state index in [0.29, 0.717) is 19.2 Å². The Balaban J connectivity index is 2.19. The van der Waals surface area contributed by atoms with Crippen LogP contribution in [0.25, 0.3) is 0 Å². The van der Waals surface area contributed by atoms with Crippen molar-refractivity contribution >= 4 is 5.91 Å². The second kappa shape index (κ2) is 6.75. The Labute approximate surface area is 121 Å². The van der Waals surface area contributed by atoms with Crippen molar-refractivity contribution in [2.45, 2.75) is 45.8 Å². The maximum absolute atomic E-state index is 12.1. The Morgan fingerprint density at radius 1 is 1.25 bits per heavy atom. The number of carbonyl (C=O) groups excluding carboxylic acids is 1. The minimum Gasteiger partial charge on any atom is -0.494 e. The van der Waals surface area contributed by atoms with E-state index in [1.165, 1.54) is 0 Å². The monoisotopic (exact) mass is 276 g/mol. The number of nitrogens with zero attached hydrogens (tertiary/aromatic N) is 1. The average Bonchev–Trinajstić information content (AvgIpc) is 2.84. The minimum absolute atomic E-state index is 0.0110. The Morgan fingerprint density at radius 3 is 2.45 bits per heavy atom. The fourth-order valence-corrected chi connectivity index (χ4v) is 2.81. The summed E-state index contributed by atoms with van der Waals surface area (Å²) in [6, 6.07) is 8.31. The zero-order valence-corrected chi connectivity index (χ0v) is 12.6. The molecule has 1 N–H and O–H groups in total. The first-order chi connectivity index (χ1) is 9.71. The van der Waals surface area contributed by atoms with Crippen molar-refractivity contribution in [2.75, 3.05) is 13.2 Å². The number of rotatable bonds is 6. The van der Waals surface area contributed by atoms with Gasteiger partial charge in [-0.25, -0.2) is 0 Å². The molecule has 2 rings (SSSR count). The van der Waals surface area contributed by atoms with Gasteiger partial charge in [0, 0.05) is 6.04 Å². The molecule has 1 atom stereocenters. The highest BCUT2D eigenvalue weighted by atomic mass is 16.5. The van der Waals surface area contributed by atoms with E-state index in [1.807, 2.05) is 36.1 Å². The van der Waals surface area contributed by atoms with Crippen LogP contribution in [-0.4, -0.2) is 30.0 Å². The normalized spacial score (nSPS) is 18.9. The molecule has 4 heteroatoms. The number of hydrogen-bond donors (Lipinski definition) is 1. The lowest BCUT2D eigenvalue weighted by Crippen LogP contribution is -2.39. The molecule has 1 unspecified atom stereocenters. The smallest absolute Gasteiger partial charge is 0.238 e. The standard InChI is InChI=1S/C16H24N2O2/c1-4-13(5-2)18-15(19)11-17-16(18)12-7-9-14(10-8-12)20-6-3/h7-10,13,16-17H,4-6,11H2,1-3H3. The average molecular weight is 276 g/mol. The van der Waals surface area contributed by atoms with Gasteiger partial charge in [0.25, 0.3) is 0 Å². The van der Waals surface area contributed by atoms with Crippen LogP contribution in [0.5, 0.6) is 5.75 Å². The lowest BCUT2D eigenvalue weighted by Gasteiger charge is -2.32. The highest BCUT2D eigenvalue weighted by Crippen LogP contribution is 2.28. The summed E-state index contributed by atoms with van der Waals surface area (Å²) >= 11 is 0. The van der Waals surface area contributed by atoms with Crippen molar-refractivity contribution in [3.05, 3.63) is 29.8 Å². The molecule has 0 aliphatic carbocycles. The van der Waals surface area contributed by atoms with Crippen LogP contribution in [0.2, 0.25) is 0 Å². The van der Waals surface area contributed by atoms with Crippen molar-refractivity contribution in [1.29, 1.82) is 0 Å². The van der Waals surface area contributed by atoms with Crippen molar-refractivity contribution in [3.8, 4) is 5.75 Å². The second-order valence-corrected chi connectivity index (χ2v) is 5.06. The van der Waals surface area contributed by atoms with Gasteiger partial charge in [0.2, 0.25) is 5.91 Å². The van der Waals surface area contributed by atoms with Crippen molar-refractivity contribution in [2.24, 2.45) is 0 Å². The molecule has 110 valence electrons. The number of nitrogens with one attached hydrogen (secondary N) is 1. The van der Waals surface area contributed by atoms with Crippen LogP contribution >= 0.6 is 0 Å². The number of hydrogen-bond acceptors (Lipinski definition) is 3. The zero-order valence-electron chi connectivity index (χ0n) is 12.6. The molecule has 1 saturated heterocycles. The molecular weight excluding hydrogens is 252 g/mol. The minimum atomic E-state index is -0.0110. The van der Waals surface area contributed by atoms with E-state index in [4.69, 9.17) is 4.74 Å². The van der Waals surface area contributed by atoms with Gasteiger partial charge in [-0.2, -0.15) is 0 Å². The van der Waals surface area contributed by atoms with E-state index in [2.05, 4.69) is 19.2 Å². The van der Waals surface area contributed by atoms with Crippen LogP contribution in [0, 0.1) is 0 Å². The van der Waals surface area contributed by atoms with E-state index < -0.39 is 0 Å². The van der Waals surface area contributed by atoms with Gasteiger partial charge >= 0.3 is 0 Å². The quantitative estimate of drug-likeness (QED) is 0.868. The number of carbonyl (C=O) groups is 1. The highest BCUT2D eigenvalue weighted by molar-refractivity contribution is 5.81. The summed E-state index contributed by atoms with van der Waals surface area (Å²) in [5, 5.41) is 3.31. The first-order valence-electron chi connectivity index (χ1n) is 7.48. The summed E-state index contributed by atoms with van der Waals surface area (Å²) in [5.41, 5.74) is 1.12. The van der Waals surface area contributed by atoms with E-state index in [9.17, 15) is 4.79 Å². The van der Waals surface area contributed by atoms with Gasteiger partial charge < -0.3 is 9.64 Å². The first kappa shape index (κ1) is 14.9. The predicted octanol–water partition coefficient (Wildman–Crippen LogP) is 2.70. The van der Waals surface area contributed by atoms with Gasteiger partial charge in [0.05, 0.1) is 13.2 Å². The molecule has 1 amide bonds. The molecule has 0 saturated carbocycles. The van der Waals surface area contributed by atoms with E-state index >= 15 is 0 Å². The Morgan fingerprint density at radius 2 is 1.90 bits per heavy atom. The Hall–Kier alpha value is -1.55. The van der Waals surface area contributed by atoms with Crippen LogP contribution in [0.15, 0.2) is 24.3 Å². The topological polar surface area (TPSA) is 41.6 Å². The third kappa shape index (κ3) is 2.96. The van der Waals surface area contributed by atoms with Gasteiger partial charge in [-0.05, 0) is 37.5 Å². The van der Waals surface area contributed by atoms with Crippen LogP contribution in [0.3, 0.4) is 0 Å². The molecule has 4 nitrogen and oxygen atoms in total. The van der Waals surface area contributed by atoms with Crippen LogP contribution in [0.4, 0.5) is 0 Å². The van der Waals surface area contributed by atoms with Gasteiger partial charge in [-0.3, -0.25) is 10.1 Å². The van der Waals surface area contributed by atoms with Crippen molar-refractivity contribution < 1.29 is 9.53 Å². The van der Waals surface area contributed by atoms with E-state index in [-0.39, 0.29) is 12.1 Å². The maximum Gasteiger partial charge on any atom is 0.238 e. The second-order valence-electron chi connectivity index (χ2n) is 5.06. The van der Waals surface area contributed by atoms with Crippen molar-refractivity contribution in [1.82, 2.24) is 10.2 Å². The van der Waals surface area contributed by atoms with Crippen molar-refractivity contribution in [3.63, 3.8) is 0 Å². The largest absolute Gasteiger partial charge is 0.494 e. The molecule has 20 heavy (non-hydrogen) atoms. The molecule has 1 fully saturated rings. The van der Waals surface area contributed by atoms with E-state index in [1.54, 1.807) is 0 Å². The van der Waals surface area contributed by atoms with Gasteiger partial charge in [0.15, 0.2) is 0 Å². The predicted molar refractivity (Wildman–Crippen MR) is 79.6 cm³/mol. The zero-order chi connectivity index (χ0) is 14.5. The third-order valence-corrected chi connectivity index (χ3v) is 3.86. The summed E-state index contributed by atoms with van der Waals surface area (Å²) < 4.78 is 5.46. The molecular formula is C16H24N2O2. The summed E-state index contributed by atoms with van der Waals surface area (Å²) in [6.07, 6.45) is 1.96. The molecule has 1 aromatic rings. The van der Waals surface area contributed by atoms with Crippen LogP contribution in [0.1, 0.15) is 45.3 Å². The fourth-order valence-electron chi connectivity index (χ4n) is 2.81. The molecule has 0 bridgehead atoms. The first-order valence-corrected chi connectivity index (χ1v) is 7.48. The third-order valence-electron chi connectivity index (χ3n) is 3.86. The number of benzene rings is 1. The molecule has 0 aromatic heterocycles. The molecule has 0 spiro atoms. The van der Waals surface area contributed by atoms with E-state index in [0.717, 1.165) is 24.2 Å². The summed E-state index contributed by atoms with van der Waals surface area (Å²) in [6.45, 7) is 7.33. The SMILES string of the molecule is CCOc1ccc(C2NCC(=O)N2C(CC)CC)cc1. The van der Waals surface area contributed by atoms with Gasteiger partial charge in [-0.1, -0.05) is 26.0 Å². The molecule has 1 aromatic carbocycles. The van der Waals surface area contributed by atoms with Crippen LogP contribution in [-0.2, 0) is 4.79 Å². The number of amides is 1. The number of ether oxygens (including phenoxy) is 1. The molecule has 1 heterocycles. The fraction of sp³-hybridized carbons (Fsp3) is 0.562. The van der Waals surface area contributed by atoms with Gasteiger partial charge in [-0.15, -0.1) is 0 Å². The van der Waals surface area contributed by atoms with Crippen LogP contribution < -0.4 is 10.1 Å². The molecule has 1 aliphatic heterocycles. The lowest BCUT2D eigenvalue weighted by atomic mass is 10.1. The van der Waals surface area contributed by atoms with Gasteiger partial charge in [0.1, 0.15) is 11.9 Å². The lowest BCUT2D eigenvalue weighted by molar-refractivity contribution is -0.130. The highest BCUT2D eigenvalue weighted by Gasteiger charge is 2.35. The Bertz CT molecular complexity index is 440. The molecule has 0 radical (unpaired) electrons. The summed E-state index contributed by atoms with van der Waals surface area (Å²) in [5.74, 6) is 1.06.